The lowest BCUT2D eigenvalue weighted by molar-refractivity contribution is -0.117. The summed E-state index contributed by atoms with van der Waals surface area (Å²) in [5.41, 5.74) is -0.231. The van der Waals surface area contributed by atoms with Crippen molar-refractivity contribution in [2.45, 2.75) is 12.8 Å². The van der Waals surface area contributed by atoms with Gasteiger partial charge in [-0.15, -0.1) is 0 Å². The van der Waals surface area contributed by atoms with Crippen molar-refractivity contribution >= 4 is 11.6 Å². The third-order valence-corrected chi connectivity index (χ3v) is 2.12. The molecule has 0 aliphatic heterocycles. The number of benzene rings is 1. The number of rotatable bonds is 6. The predicted octanol–water partition coefficient (Wildman–Crippen LogP) is 2.31. The molecule has 1 aromatic carbocycles. The van der Waals surface area contributed by atoms with Gasteiger partial charge in [-0.2, -0.15) is 5.26 Å². The quantitative estimate of drug-likeness (QED) is 0.808. The number of carbonyl (C=O) groups is 1. The fourth-order valence-corrected chi connectivity index (χ4v) is 1.29. The first kappa shape index (κ1) is 15.0. The Morgan fingerprint density at radius 2 is 2.21 bits per heavy atom. The molecule has 0 fully saturated rings. The Morgan fingerprint density at radius 3 is 2.84 bits per heavy atom. The third kappa shape index (κ3) is 4.97. The van der Waals surface area contributed by atoms with E-state index in [0.29, 0.717) is 0 Å². The number of carbonyl (C=O) groups excluding carboxylic acids is 1. The van der Waals surface area contributed by atoms with Gasteiger partial charge in [0.1, 0.15) is 24.1 Å². The van der Waals surface area contributed by atoms with Gasteiger partial charge in [-0.05, 0) is 12.1 Å². The van der Waals surface area contributed by atoms with Crippen molar-refractivity contribution in [1.82, 2.24) is 0 Å². The number of nitriles is 1. The molecular formula is C12H11F3N2O2. The van der Waals surface area contributed by atoms with Crippen molar-refractivity contribution in [3.63, 3.8) is 0 Å². The molecule has 0 aromatic heterocycles. The summed E-state index contributed by atoms with van der Waals surface area (Å²) in [6.45, 7) is -0.913. The molecule has 4 nitrogen and oxygen atoms in total. The molecule has 0 bridgehead atoms. The van der Waals surface area contributed by atoms with Crippen molar-refractivity contribution in [2.75, 3.05) is 18.5 Å². The minimum absolute atomic E-state index is 0.0429. The van der Waals surface area contributed by atoms with Gasteiger partial charge in [0.05, 0.1) is 18.7 Å². The Labute approximate surface area is 107 Å². The molecule has 1 amide bonds. The maximum absolute atomic E-state index is 13.2. The number of anilines is 1. The van der Waals surface area contributed by atoms with E-state index in [0.717, 1.165) is 6.07 Å². The van der Waals surface area contributed by atoms with E-state index < -0.39 is 24.8 Å². The summed E-state index contributed by atoms with van der Waals surface area (Å²) in [5.74, 6) is -1.29. The van der Waals surface area contributed by atoms with Crippen molar-refractivity contribution in [3.8, 4) is 6.07 Å². The molecule has 0 aliphatic carbocycles. The highest BCUT2D eigenvalue weighted by Gasteiger charge is 2.11. The van der Waals surface area contributed by atoms with Gasteiger partial charge in [-0.25, -0.2) is 13.2 Å². The number of amides is 1. The lowest BCUT2D eigenvalue weighted by Gasteiger charge is -2.07. The van der Waals surface area contributed by atoms with E-state index in [1.54, 1.807) is 6.07 Å². The van der Waals surface area contributed by atoms with E-state index in [1.807, 2.05) is 0 Å². The van der Waals surface area contributed by atoms with Crippen LogP contribution in [0.4, 0.5) is 18.9 Å². The van der Waals surface area contributed by atoms with Gasteiger partial charge in [0.15, 0.2) is 0 Å². The van der Waals surface area contributed by atoms with E-state index in [-0.39, 0.29) is 24.3 Å². The van der Waals surface area contributed by atoms with E-state index >= 15 is 0 Å². The number of halogens is 3. The summed E-state index contributed by atoms with van der Waals surface area (Å²) >= 11 is 0. The zero-order valence-electron chi connectivity index (χ0n) is 9.83. The van der Waals surface area contributed by atoms with E-state index in [1.165, 1.54) is 12.1 Å². The van der Waals surface area contributed by atoms with Crippen molar-refractivity contribution in [2.24, 2.45) is 0 Å². The molecule has 1 N–H and O–H groups in total. The molecule has 0 atom stereocenters. The minimum Gasteiger partial charge on any atom is -0.375 e. The molecular weight excluding hydrogens is 261 g/mol. The number of nitrogens with one attached hydrogen (secondary N) is 1. The Kier molecular flexibility index (Phi) is 5.82. The summed E-state index contributed by atoms with van der Waals surface area (Å²) in [7, 11) is 0. The number of ether oxygens (including phenoxy) is 1. The van der Waals surface area contributed by atoms with Crippen molar-refractivity contribution in [1.29, 1.82) is 5.26 Å². The van der Waals surface area contributed by atoms with Crippen LogP contribution in [-0.2, 0) is 9.53 Å². The molecule has 0 heterocycles. The smallest absolute Gasteiger partial charge is 0.261 e. The number of alkyl halides is 2. The molecule has 1 aromatic rings. The van der Waals surface area contributed by atoms with Gasteiger partial charge in [0, 0.05) is 0 Å². The fraction of sp³-hybridized carbons (Fsp3) is 0.333. The first-order valence-electron chi connectivity index (χ1n) is 5.39. The molecule has 19 heavy (non-hydrogen) atoms. The van der Waals surface area contributed by atoms with Crippen LogP contribution < -0.4 is 5.32 Å². The van der Waals surface area contributed by atoms with Gasteiger partial charge >= 0.3 is 0 Å². The van der Waals surface area contributed by atoms with E-state index in [4.69, 9.17) is 5.26 Å². The van der Waals surface area contributed by atoms with Crippen molar-refractivity contribution < 1.29 is 22.7 Å². The van der Waals surface area contributed by atoms with Crippen LogP contribution in [0.15, 0.2) is 18.2 Å². The van der Waals surface area contributed by atoms with Crippen LogP contribution in [-0.4, -0.2) is 25.5 Å². The summed E-state index contributed by atoms with van der Waals surface area (Å²) < 4.78 is 41.2. The van der Waals surface area contributed by atoms with Gasteiger partial charge in [0.2, 0.25) is 5.91 Å². The highest BCUT2D eigenvalue weighted by Crippen LogP contribution is 2.17. The van der Waals surface area contributed by atoms with Crippen LogP contribution in [0.1, 0.15) is 12.0 Å². The average molecular weight is 272 g/mol. The topological polar surface area (TPSA) is 62.1 Å². The van der Waals surface area contributed by atoms with Crippen LogP contribution in [0.5, 0.6) is 0 Å². The molecule has 7 heteroatoms. The van der Waals surface area contributed by atoms with Gasteiger partial charge in [0.25, 0.3) is 6.43 Å². The maximum Gasteiger partial charge on any atom is 0.261 e. The van der Waals surface area contributed by atoms with Gasteiger partial charge < -0.3 is 10.1 Å². The normalized spacial score (nSPS) is 10.3. The van der Waals surface area contributed by atoms with Crippen LogP contribution in [0, 0.1) is 17.1 Å². The molecule has 1 rings (SSSR count). The van der Waals surface area contributed by atoms with E-state index in [9.17, 15) is 18.0 Å². The first-order chi connectivity index (χ1) is 9.04. The molecule has 0 unspecified atom stereocenters. The molecule has 0 radical (unpaired) electrons. The summed E-state index contributed by atoms with van der Waals surface area (Å²) in [5, 5.41) is 11.1. The van der Waals surface area contributed by atoms with Crippen molar-refractivity contribution in [3.05, 3.63) is 29.6 Å². The van der Waals surface area contributed by atoms with Crippen LogP contribution in [0.3, 0.4) is 0 Å². The Bertz CT molecular complexity index is 486. The summed E-state index contributed by atoms with van der Waals surface area (Å²) in [6, 6.07) is 5.45. The second-order valence-corrected chi connectivity index (χ2v) is 3.54. The lowest BCUT2D eigenvalue weighted by Crippen LogP contribution is -2.16. The van der Waals surface area contributed by atoms with Crippen LogP contribution in [0.2, 0.25) is 0 Å². The summed E-state index contributed by atoms with van der Waals surface area (Å²) in [6.07, 6.45) is -2.75. The van der Waals surface area contributed by atoms with Gasteiger partial charge in [-0.3, -0.25) is 4.79 Å². The highest BCUT2D eigenvalue weighted by molar-refractivity contribution is 5.92. The zero-order valence-corrected chi connectivity index (χ0v) is 9.83. The molecule has 0 saturated carbocycles. The standard InChI is InChI=1S/C12H11F3N2O2/c13-9-2-1-3-10(8(9)6-16)17-12(18)4-5-19-7-11(14)15/h1-3,11H,4-5,7H2,(H,17,18). The number of hydrogen-bond donors (Lipinski definition) is 1. The van der Waals surface area contributed by atoms with E-state index in [2.05, 4.69) is 10.1 Å². The maximum atomic E-state index is 13.2. The zero-order chi connectivity index (χ0) is 14.3. The lowest BCUT2D eigenvalue weighted by atomic mass is 10.2. The molecule has 102 valence electrons. The second kappa shape index (κ2) is 7.38. The fourth-order valence-electron chi connectivity index (χ4n) is 1.29. The Hall–Kier alpha value is -2.07. The molecule has 0 saturated heterocycles. The minimum atomic E-state index is -2.59. The molecule has 0 spiro atoms. The number of nitrogens with zero attached hydrogens (tertiary/aromatic N) is 1. The van der Waals surface area contributed by atoms with Gasteiger partial charge in [-0.1, -0.05) is 6.07 Å². The highest BCUT2D eigenvalue weighted by atomic mass is 19.3. The predicted molar refractivity (Wildman–Crippen MR) is 61.2 cm³/mol. The monoisotopic (exact) mass is 272 g/mol. The average Bonchev–Trinajstić information content (AvgIpc) is 2.35. The van der Waals surface area contributed by atoms with Crippen LogP contribution >= 0.6 is 0 Å². The second-order valence-electron chi connectivity index (χ2n) is 3.54. The molecule has 0 aliphatic rings. The van der Waals surface area contributed by atoms with Crippen LogP contribution in [0.25, 0.3) is 0 Å². The Balaban J connectivity index is 2.49. The Morgan fingerprint density at radius 1 is 1.47 bits per heavy atom. The third-order valence-electron chi connectivity index (χ3n) is 2.12. The number of hydrogen-bond acceptors (Lipinski definition) is 3. The largest absolute Gasteiger partial charge is 0.375 e. The SMILES string of the molecule is N#Cc1c(F)cccc1NC(=O)CCOCC(F)F. The first-order valence-corrected chi connectivity index (χ1v) is 5.39. The summed E-state index contributed by atoms with van der Waals surface area (Å²) in [4.78, 5) is 11.4.